The van der Waals surface area contributed by atoms with Crippen LogP contribution in [-0.2, 0) is 0 Å². The minimum Gasteiger partial charge on any atom is -0.378 e. The van der Waals surface area contributed by atoms with Crippen molar-refractivity contribution in [2.24, 2.45) is 0 Å². The maximum atomic E-state index is 9.18. The molecule has 2 aromatic rings. The Kier molecular flexibility index (Phi) is 5.34. The fourth-order valence-electron chi connectivity index (χ4n) is 2.15. The first-order chi connectivity index (χ1) is 11.2. The molecule has 0 aliphatic carbocycles. The van der Waals surface area contributed by atoms with Crippen molar-refractivity contribution in [3.63, 3.8) is 0 Å². The van der Waals surface area contributed by atoms with Crippen LogP contribution < -0.4 is 4.90 Å². The molecule has 0 heterocycles. The predicted octanol–water partition coefficient (Wildman–Crippen LogP) is 4.27. The number of anilines is 1. The summed E-state index contributed by atoms with van der Waals surface area (Å²) in [5, 5.41) is 18.4. The third-order valence-electron chi connectivity index (χ3n) is 3.43. The summed E-state index contributed by atoms with van der Waals surface area (Å²) < 4.78 is 0. The maximum Gasteiger partial charge on any atom is 0.137 e. The van der Waals surface area contributed by atoms with Crippen LogP contribution in [0.4, 0.5) is 5.69 Å². The highest BCUT2D eigenvalue weighted by molar-refractivity contribution is 5.85. The molecule has 0 bridgehead atoms. The van der Waals surface area contributed by atoms with Crippen molar-refractivity contribution in [2.75, 3.05) is 19.0 Å². The minimum absolute atomic E-state index is 0.109. The van der Waals surface area contributed by atoms with Crippen molar-refractivity contribution in [3.05, 3.63) is 77.4 Å². The third kappa shape index (κ3) is 4.09. The van der Waals surface area contributed by atoms with E-state index < -0.39 is 0 Å². The van der Waals surface area contributed by atoms with Gasteiger partial charge in [0.15, 0.2) is 0 Å². The van der Waals surface area contributed by atoms with E-state index in [2.05, 4.69) is 0 Å². The summed E-state index contributed by atoms with van der Waals surface area (Å²) in [5.41, 5.74) is 3.73. The largest absolute Gasteiger partial charge is 0.378 e. The van der Waals surface area contributed by atoms with Crippen LogP contribution in [0.5, 0.6) is 0 Å². The summed E-state index contributed by atoms with van der Waals surface area (Å²) in [7, 11) is 3.99. The number of benzene rings is 2. The number of hydrogen-bond acceptors (Lipinski definition) is 3. The highest BCUT2D eigenvalue weighted by atomic mass is 15.1. The average Bonchev–Trinajstić information content (AvgIpc) is 2.59. The van der Waals surface area contributed by atoms with Crippen molar-refractivity contribution in [1.29, 1.82) is 10.5 Å². The highest BCUT2D eigenvalue weighted by Gasteiger charge is 2.05. The van der Waals surface area contributed by atoms with E-state index in [1.165, 1.54) is 0 Å². The van der Waals surface area contributed by atoms with Gasteiger partial charge < -0.3 is 4.90 Å². The Morgan fingerprint density at radius 1 is 0.913 bits per heavy atom. The molecular weight excluding hydrogens is 282 g/mol. The van der Waals surface area contributed by atoms with Gasteiger partial charge in [-0.1, -0.05) is 54.6 Å². The molecule has 3 heteroatoms. The van der Waals surface area contributed by atoms with E-state index in [1.807, 2.05) is 97.9 Å². The first-order valence-corrected chi connectivity index (χ1v) is 7.21. The van der Waals surface area contributed by atoms with Crippen molar-refractivity contribution in [2.45, 2.75) is 0 Å². The fraction of sp³-hybridized carbons (Fsp3) is 0.100. The van der Waals surface area contributed by atoms with Gasteiger partial charge in [-0.25, -0.2) is 0 Å². The standard InChI is InChI=1S/C20H17N3/c1-23(2)19-11-8-16(9-12-19)10-13-20(18(14-21)15-22)17-6-4-3-5-7-17/h3-13H,1-2H3. The molecule has 2 aromatic carbocycles. The normalized spacial score (nSPS) is 9.91. The lowest BCUT2D eigenvalue weighted by Crippen LogP contribution is -2.07. The summed E-state index contributed by atoms with van der Waals surface area (Å²) >= 11 is 0. The predicted molar refractivity (Wildman–Crippen MR) is 94.4 cm³/mol. The number of hydrogen-bond donors (Lipinski definition) is 0. The average molecular weight is 299 g/mol. The molecule has 3 nitrogen and oxygen atoms in total. The first kappa shape index (κ1) is 16.1. The molecule has 23 heavy (non-hydrogen) atoms. The molecule has 0 unspecified atom stereocenters. The fourth-order valence-corrected chi connectivity index (χ4v) is 2.15. The van der Waals surface area contributed by atoms with Gasteiger partial charge in [0, 0.05) is 25.4 Å². The lowest BCUT2D eigenvalue weighted by Gasteiger charge is -2.11. The van der Waals surface area contributed by atoms with E-state index >= 15 is 0 Å². The van der Waals surface area contributed by atoms with Crippen LogP contribution in [0.3, 0.4) is 0 Å². The molecule has 0 saturated heterocycles. The second kappa shape index (κ2) is 7.64. The summed E-state index contributed by atoms with van der Waals surface area (Å²) in [6, 6.07) is 21.5. The van der Waals surface area contributed by atoms with E-state index in [0.717, 1.165) is 16.8 Å². The topological polar surface area (TPSA) is 50.8 Å². The van der Waals surface area contributed by atoms with E-state index in [0.29, 0.717) is 5.57 Å². The van der Waals surface area contributed by atoms with E-state index in [4.69, 9.17) is 0 Å². The van der Waals surface area contributed by atoms with Gasteiger partial charge in [-0.05, 0) is 23.3 Å². The monoisotopic (exact) mass is 299 g/mol. The Hall–Kier alpha value is -3.30. The molecule has 0 amide bonds. The van der Waals surface area contributed by atoms with Crippen molar-refractivity contribution < 1.29 is 0 Å². The third-order valence-corrected chi connectivity index (χ3v) is 3.43. The molecule has 0 saturated carbocycles. The molecule has 112 valence electrons. The lowest BCUT2D eigenvalue weighted by molar-refractivity contribution is 1.13. The molecule has 0 N–H and O–H groups in total. The van der Waals surface area contributed by atoms with Crippen molar-refractivity contribution >= 4 is 17.3 Å². The highest BCUT2D eigenvalue weighted by Crippen LogP contribution is 2.22. The van der Waals surface area contributed by atoms with Gasteiger partial charge in [0.05, 0.1) is 0 Å². The first-order valence-electron chi connectivity index (χ1n) is 7.21. The Morgan fingerprint density at radius 3 is 2.04 bits per heavy atom. The SMILES string of the molecule is CN(C)c1ccc(C=CC(=C(C#N)C#N)c2ccccc2)cc1. The van der Waals surface area contributed by atoms with E-state index in [9.17, 15) is 10.5 Å². The van der Waals surface area contributed by atoms with Crippen LogP contribution in [0, 0.1) is 22.7 Å². The second-order valence-corrected chi connectivity index (χ2v) is 5.20. The van der Waals surface area contributed by atoms with Crippen LogP contribution >= 0.6 is 0 Å². The Labute approximate surface area is 137 Å². The summed E-state index contributed by atoms with van der Waals surface area (Å²) in [4.78, 5) is 2.03. The smallest absolute Gasteiger partial charge is 0.137 e. The lowest BCUT2D eigenvalue weighted by atomic mass is 9.99. The van der Waals surface area contributed by atoms with Crippen LogP contribution in [0.1, 0.15) is 11.1 Å². The zero-order valence-electron chi connectivity index (χ0n) is 13.2. The maximum absolute atomic E-state index is 9.18. The van der Waals surface area contributed by atoms with Crippen LogP contribution in [0.15, 0.2) is 66.2 Å². The second-order valence-electron chi connectivity index (χ2n) is 5.20. The molecule has 0 radical (unpaired) electrons. The molecular formula is C20H17N3. The molecule has 0 atom stereocenters. The minimum atomic E-state index is 0.109. The Morgan fingerprint density at radius 2 is 1.52 bits per heavy atom. The van der Waals surface area contributed by atoms with E-state index in [1.54, 1.807) is 0 Å². The molecule has 0 fully saturated rings. The van der Waals surface area contributed by atoms with Crippen LogP contribution in [-0.4, -0.2) is 14.1 Å². The zero-order valence-corrected chi connectivity index (χ0v) is 13.2. The Balaban J connectivity index is 2.38. The molecule has 0 aliphatic heterocycles. The summed E-state index contributed by atoms with van der Waals surface area (Å²) in [6.45, 7) is 0. The number of allylic oxidation sites excluding steroid dienone is 3. The molecule has 2 rings (SSSR count). The van der Waals surface area contributed by atoms with Gasteiger partial charge in [0.25, 0.3) is 0 Å². The zero-order chi connectivity index (χ0) is 16.7. The van der Waals surface area contributed by atoms with Gasteiger partial charge >= 0.3 is 0 Å². The van der Waals surface area contributed by atoms with Crippen molar-refractivity contribution in [1.82, 2.24) is 0 Å². The quantitative estimate of drug-likeness (QED) is 0.626. The summed E-state index contributed by atoms with van der Waals surface area (Å²) in [6.07, 6.45) is 3.73. The van der Waals surface area contributed by atoms with Crippen LogP contribution in [0.25, 0.3) is 11.6 Å². The number of nitrogens with zero attached hydrogens (tertiary/aromatic N) is 3. The van der Waals surface area contributed by atoms with Gasteiger partial charge in [-0.3, -0.25) is 0 Å². The Bertz CT molecular complexity index is 783. The van der Waals surface area contributed by atoms with Gasteiger partial charge in [-0.2, -0.15) is 10.5 Å². The molecule has 0 aliphatic rings. The van der Waals surface area contributed by atoms with Gasteiger partial charge in [-0.15, -0.1) is 0 Å². The van der Waals surface area contributed by atoms with Crippen LogP contribution in [0.2, 0.25) is 0 Å². The van der Waals surface area contributed by atoms with Crippen molar-refractivity contribution in [3.8, 4) is 12.1 Å². The molecule has 0 aromatic heterocycles. The van der Waals surface area contributed by atoms with E-state index in [-0.39, 0.29) is 5.57 Å². The number of rotatable bonds is 4. The number of nitriles is 2. The van der Waals surface area contributed by atoms with Gasteiger partial charge in [0.1, 0.15) is 17.7 Å². The summed E-state index contributed by atoms with van der Waals surface area (Å²) in [5.74, 6) is 0. The van der Waals surface area contributed by atoms with Gasteiger partial charge in [0.2, 0.25) is 0 Å². The molecule has 0 spiro atoms.